The first kappa shape index (κ1) is 17.2. The van der Waals surface area contributed by atoms with Crippen LogP contribution in [0.2, 0.25) is 0 Å². The zero-order valence-electron chi connectivity index (χ0n) is 9.57. The maximum absolute atomic E-state index is 11.8. The van der Waals surface area contributed by atoms with Crippen molar-refractivity contribution in [2.45, 2.75) is 17.9 Å². The van der Waals surface area contributed by atoms with Gasteiger partial charge in [0, 0.05) is 5.75 Å². The SMILES string of the molecule is Cc1ccc(S(=O)(=O)SCC(N)C(=O)O)cc1.Cl. The summed E-state index contributed by atoms with van der Waals surface area (Å²) >= 11 is 0. The molecule has 0 fully saturated rings. The number of hydrogen-bond donors (Lipinski definition) is 2. The molecule has 0 spiro atoms. The average Bonchev–Trinajstić information content (AvgIpc) is 2.26. The van der Waals surface area contributed by atoms with Gasteiger partial charge >= 0.3 is 5.97 Å². The van der Waals surface area contributed by atoms with E-state index >= 15 is 0 Å². The fourth-order valence-electron chi connectivity index (χ4n) is 1.01. The van der Waals surface area contributed by atoms with Crippen molar-refractivity contribution in [3.05, 3.63) is 29.8 Å². The Labute approximate surface area is 115 Å². The van der Waals surface area contributed by atoms with Gasteiger partial charge in [0.15, 0.2) is 0 Å². The predicted octanol–water partition coefficient (Wildman–Crippen LogP) is 1.25. The monoisotopic (exact) mass is 311 g/mol. The Hall–Kier alpha value is -0.760. The molecule has 8 heteroatoms. The molecule has 0 amide bonds. The molecule has 0 aliphatic carbocycles. The van der Waals surface area contributed by atoms with Gasteiger partial charge in [-0.15, -0.1) is 12.4 Å². The topological polar surface area (TPSA) is 97.5 Å². The highest BCUT2D eigenvalue weighted by Crippen LogP contribution is 2.23. The number of carboxylic acid groups (broad SMARTS) is 1. The lowest BCUT2D eigenvalue weighted by Crippen LogP contribution is -2.32. The number of nitrogens with two attached hydrogens (primary N) is 1. The quantitative estimate of drug-likeness (QED) is 0.794. The summed E-state index contributed by atoms with van der Waals surface area (Å²) in [4.78, 5) is 10.6. The van der Waals surface area contributed by atoms with Crippen LogP contribution in [0.4, 0.5) is 0 Å². The molecule has 0 saturated carbocycles. The van der Waals surface area contributed by atoms with E-state index in [0.29, 0.717) is 10.8 Å². The highest BCUT2D eigenvalue weighted by molar-refractivity contribution is 8.72. The fourth-order valence-corrected chi connectivity index (χ4v) is 3.80. The molecule has 0 aliphatic rings. The van der Waals surface area contributed by atoms with Crippen molar-refractivity contribution in [3.8, 4) is 0 Å². The third-order valence-corrected chi connectivity index (χ3v) is 5.60. The minimum absolute atomic E-state index is 0. The number of halogens is 1. The summed E-state index contributed by atoms with van der Waals surface area (Å²) in [5.41, 5.74) is 6.20. The van der Waals surface area contributed by atoms with Crippen molar-refractivity contribution in [1.29, 1.82) is 0 Å². The number of aryl methyl sites for hydroxylation is 1. The molecule has 0 aliphatic heterocycles. The molecule has 1 unspecified atom stereocenters. The Morgan fingerprint density at radius 3 is 2.33 bits per heavy atom. The van der Waals surface area contributed by atoms with E-state index in [0.717, 1.165) is 5.56 Å². The van der Waals surface area contributed by atoms with Gasteiger partial charge in [-0.05, 0) is 29.9 Å². The van der Waals surface area contributed by atoms with Crippen LogP contribution in [0.25, 0.3) is 0 Å². The van der Waals surface area contributed by atoms with Crippen LogP contribution >= 0.6 is 23.2 Å². The van der Waals surface area contributed by atoms with E-state index in [1.807, 2.05) is 6.92 Å². The number of carbonyl (C=O) groups is 1. The third-order valence-electron chi connectivity index (χ3n) is 2.03. The molecule has 0 aromatic heterocycles. The summed E-state index contributed by atoms with van der Waals surface area (Å²) in [5.74, 6) is -1.39. The van der Waals surface area contributed by atoms with Gasteiger partial charge in [-0.1, -0.05) is 17.7 Å². The van der Waals surface area contributed by atoms with E-state index in [1.54, 1.807) is 12.1 Å². The average molecular weight is 312 g/mol. The summed E-state index contributed by atoms with van der Waals surface area (Å²) in [6.45, 7) is 1.85. The van der Waals surface area contributed by atoms with E-state index < -0.39 is 20.9 Å². The first-order valence-electron chi connectivity index (χ1n) is 4.77. The largest absolute Gasteiger partial charge is 0.480 e. The Balaban J connectivity index is 0.00000289. The Morgan fingerprint density at radius 1 is 1.39 bits per heavy atom. The number of hydrogen-bond acceptors (Lipinski definition) is 5. The minimum Gasteiger partial charge on any atom is -0.480 e. The second kappa shape index (κ2) is 6.98. The Bertz CT molecular complexity index is 501. The standard InChI is InChI=1S/C10H13NO4S2.ClH/c1-7-2-4-8(5-3-7)17(14,15)16-6-9(11)10(12)13;/h2-5,9H,6,11H2,1H3,(H,12,13);1H. The first-order chi connectivity index (χ1) is 7.83. The zero-order valence-corrected chi connectivity index (χ0v) is 12.0. The van der Waals surface area contributed by atoms with E-state index in [9.17, 15) is 13.2 Å². The summed E-state index contributed by atoms with van der Waals surface area (Å²) in [7, 11) is -2.99. The van der Waals surface area contributed by atoms with E-state index in [2.05, 4.69) is 0 Å². The molecule has 1 aromatic carbocycles. The molecule has 0 radical (unpaired) electrons. The zero-order chi connectivity index (χ0) is 13.1. The molecule has 1 rings (SSSR count). The smallest absolute Gasteiger partial charge is 0.321 e. The molecule has 5 nitrogen and oxygen atoms in total. The van der Waals surface area contributed by atoms with Crippen LogP contribution < -0.4 is 5.73 Å². The number of aliphatic carboxylic acids is 1. The molecule has 1 atom stereocenters. The van der Waals surface area contributed by atoms with Crippen LogP contribution in [-0.2, 0) is 13.7 Å². The van der Waals surface area contributed by atoms with Gasteiger partial charge in [-0.3, -0.25) is 4.79 Å². The van der Waals surface area contributed by atoms with Crippen molar-refractivity contribution >= 4 is 38.0 Å². The van der Waals surface area contributed by atoms with Crippen LogP contribution in [0.5, 0.6) is 0 Å². The van der Waals surface area contributed by atoms with Crippen molar-refractivity contribution in [2.75, 3.05) is 5.75 Å². The molecule has 3 N–H and O–H groups in total. The second-order valence-electron chi connectivity index (χ2n) is 3.50. The van der Waals surface area contributed by atoms with E-state index in [-0.39, 0.29) is 23.1 Å². The molecule has 0 saturated heterocycles. The Kier molecular flexibility index (Phi) is 6.69. The first-order valence-corrected chi connectivity index (χ1v) is 7.76. The number of rotatable bonds is 5. The maximum atomic E-state index is 11.8. The van der Waals surface area contributed by atoms with E-state index in [4.69, 9.17) is 10.8 Å². The molecular weight excluding hydrogens is 298 g/mol. The normalized spacial score (nSPS) is 12.6. The van der Waals surface area contributed by atoms with Crippen LogP contribution in [0.3, 0.4) is 0 Å². The molecule has 0 heterocycles. The Morgan fingerprint density at radius 2 is 1.89 bits per heavy atom. The maximum Gasteiger partial charge on any atom is 0.321 e. The lowest BCUT2D eigenvalue weighted by molar-refractivity contribution is -0.137. The van der Waals surface area contributed by atoms with Crippen molar-refractivity contribution in [3.63, 3.8) is 0 Å². The van der Waals surface area contributed by atoms with Crippen LogP contribution in [0, 0.1) is 6.92 Å². The van der Waals surface area contributed by atoms with Crippen molar-refractivity contribution in [2.24, 2.45) is 5.73 Å². The van der Waals surface area contributed by atoms with Gasteiger partial charge in [-0.2, -0.15) is 0 Å². The molecule has 102 valence electrons. The number of benzene rings is 1. The van der Waals surface area contributed by atoms with Gasteiger partial charge in [0.2, 0.25) is 8.87 Å². The van der Waals surface area contributed by atoms with Gasteiger partial charge in [0.05, 0.1) is 4.90 Å². The second-order valence-corrected chi connectivity index (χ2v) is 7.47. The lowest BCUT2D eigenvalue weighted by Gasteiger charge is -2.07. The molecular formula is C10H14ClNO4S2. The number of carboxylic acids is 1. The van der Waals surface area contributed by atoms with Crippen molar-refractivity contribution in [1.82, 2.24) is 0 Å². The summed E-state index contributed by atoms with van der Waals surface area (Å²) in [5, 5.41) is 8.55. The summed E-state index contributed by atoms with van der Waals surface area (Å²) in [6, 6.07) is 5.17. The van der Waals surface area contributed by atoms with Crippen LogP contribution in [0.15, 0.2) is 29.2 Å². The van der Waals surface area contributed by atoms with Gasteiger partial charge in [0.1, 0.15) is 6.04 Å². The van der Waals surface area contributed by atoms with Crippen LogP contribution in [0.1, 0.15) is 5.56 Å². The minimum atomic E-state index is -3.53. The highest BCUT2D eigenvalue weighted by Gasteiger charge is 2.19. The van der Waals surface area contributed by atoms with Gasteiger partial charge < -0.3 is 10.8 Å². The fraction of sp³-hybridized carbons (Fsp3) is 0.300. The predicted molar refractivity (Wildman–Crippen MR) is 73.7 cm³/mol. The van der Waals surface area contributed by atoms with E-state index in [1.165, 1.54) is 12.1 Å². The van der Waals surface area contributed by atoms with Gasteiger partial charge in [-0.25, -0.2) is 8.42 Å². The lowest BCUT2D eigenvalue weighted by atomic mass is 10.2. The summed E-state index contributed by atoms with van der Waals surface area (Å²) < 4.78 is 23.6. The molecule has 1 aromatic rings. The summed E-state index contributed by atoms with van der Waals surface area (Å²) in [6.07, 6.45) is 0. The molecule has 0 bridgehead atoms. The van der Waals surface area contributed by atoms with Gasteiger partial charge in [0.25, 0.3) is 0 Å². The van der Waals surface area contributed by atoms with Crippen molar-refractivity contribution < 1.29 is 18.3 Å². The molecule has 18 heavy (non-hydrogen) atoms. The highest BCUT2D eigenvalue weighted by atomic mass is 35.5. The third kappa shape index (κ3) is 4.85. The van der Waals surface area contributed by atoms with Crippen LogP contribution in [-0.4, -0.2) is 31.3 Å².